The van der Waals surface area contributed by atoms with Gasteiger partial charge in [-0.3, -0.25) is 4.79 Å². The molecule has 5 N–H and O–H groups in total. The molecule has 0 aromatic heterocycles. The van der Waals surface area contributed by atoms with E-state index in [0.29, 0.717) is 25.1 Å². The molecule has 0 aliphatic carbocycles. The van der Waals surface area contributed by atoms with Gasteiger partial charge >= 0.3 is 6.09 Å². The van der Waals surface area contributed by atoms with E-state index in [0.717, 1.165) is 11.1 Å². The lowest BCUT2D eigenvalue weighted by molar-refractivity contribution is -0.119. The van der Waals surface area contributed by atoms with Crippen LogP contribution in [0.1, 0.15) is 60.5 Å². The summed E-state index contributed by atoms with van der Waals surface area (Å²) in [5, 5.41) is 14.1. The molecular weight excluding hydrogens is 404 g/mol. The molecule has 178 valence electrons. The Labute approximate surface area is 192 Å². The molecule has 0 radical (unpaired) electrons. The molecule has 32 heavy (non-hydrogen) atoms. The standard InChI is InChI=1S/C25H40N4O3/c1-17(30)21(29-23(31)32-25(5,6)7)13-14-28-22(24(2,3)4)19(16-26)20(27)15-18-11-9-8-10-12-18/h8-12,16,21-22,26,28H,13-15,27H2,1-7H3,(H,29,31)/t21-,22-/m0/s1. The summed E-state index contributed by atoms with van der Waals surface area (Å²) in [6, 6.07) is 9.04. The van der Waals surface area contributed by atoms with E-state index in [1.165, 1.54) is 13.1 Å². The number of hydrogen-bond acceptors (Lipinski definition) is 6. The normalized spacial score (nSPS) is 14.7. The number of benzene rings is 1. The number of nitrogens with one attached hydrogen (secondary N) is 3. The molecule has 1 rings (SSSR count). The number of rotatable bonds is 10. The van der Waals surface area contributed by atoms with Crippen molar-refractivity contribution in [3.05, 3.63) is 47.2 Å². The van der Waals surface area contributed by atoms with Gasteiger partial charge in [-0.25, -0.2) is 4.79 Å². The summed E-state index contributed by atoms with van der Waals surface area (Å²) in [6.07, 6.45) is 1.64. The lowest BCUT2D eigenvalue weighted by Crippen LogP contribution is -2.47. The lowest BCUT2D eigenvalue weighted by atomic mass is 9.81. The van der Waals surface area contributed by atoms with Crippen LogP contribution in [0.3, 0.4) is 0 Å². The van der Waals surface area contributed by atoms with Crippen molar-refractivity contribution in [1.82, 2.24) is 10.6 Å². The Morgan fingerprint density at radius 1 is 1.12 bits per heavy atom. The maximum absolute atomic E-state index is 12.1. The molecule has 0 spiro atoms. The maximum Gasteiger partial charge on any atom is 0.408 e. The predicted molar refractivity (Wildman–Crippen MR) is 130 cm³/mol. The molecule has 1 amide bonds. The van der Waals surface area contributed by atoms with Gasteiger partial charge in [-0.05, 0) is 51.6 Å². The number of amides is 1. The van der Waals surface area contributed by atoms with Crippen LogP contribution in [0.5, 0.6) is 0 Å². The molecule has 0 heterocycles. The summed E-state index contributed by atoms with van der Waals surface area (Å²) in [6.45, 7) is 13.5. The van der Waals surface area contributed by atoms with Crippen molar-refractivity contribution in [2.24, 2.45) is 11.1 Å². The van der Waals surface area contributed by atoms with Crippen molar-refractivity contribution >= 4 is 18.1 Å². The SMILES string of the molecule is CC(=O)[C@H](CCN[C@@H](C(C=N)=C(N)Cc1ccccc1)C(C)(C)C)NC(=O)OC(C)(C)C. The number of carbonyl (C=O) groups is 2. The second-order valence-electron chi connectivity index (χ2n) is 10.1. The van der Waals surface area contributed by atoms with Gasteiger partial charge in [0.1, 0.15) is 5.60 Å². The maximum atomic E-state index is 12.1. The fourth-order valence-electron chi connectivity index (χ4n) is 3.36. The van der Waals surface area contributed by atoms with Crippen LogP contribution >= 0.6 is 0 Å². The fourth-order valence-corrected chi connectivity index (χ4v) is 3.36. The van der Waals surface area contributed by atoms with E-state index >= 15 is 0 Å². The summed E-state index contributed by atoms with van der Waals surface area (Å²) in [4.78, 5) is 24.1. The molecule has 0 aliphatic rings. The number of allylic oxidation sites excluding steroid dienone is 1. The van der Waals surface area contributed by atoms with E-state index in [4.69, 9.17) is 15.9 Å². The highest BCUT2D eigenvalue weighted by Crippen LogP contribution is 2.26. The summed E-state index contributed by atoms with van der Waals surface area (Å²) < 4.78 is 5.27. The first-order valence-corrected chi connectivity index (χ1v) is 11.0. The monoisotopic (exact) mass is 444 g/mol. The molecule has 0 saturated heterocycles. The molecule has 1 aromatic carbocycles. The zero-order chi connectivity index (χ0) is 24.5. The van der Waals surface area contributed by atoms with Crippen LogP contribution in [0.4, 0.5) is 4.79 Å². The van der Waals surface area contributed by atoms with Gasteiger partial charge in [0, 0.05) is 29.9 Å². The van der Waals surface area contributed by atoms with Gasteiger partial charge in [0.15, 0.2) is 5.78 Å². The zero-order valence-corrected chi connectivity index (χ0v) is 20.5. The first kappa shape index (κ1) is 27.4. The van der Waals surface area contributed by atoms with E-state index in [1.807, 2.05) is 30.3 Å². The first-order valence-electron chi connectivity index (χ1n) is 11.0. The minimum Gasteiger partial charge on any atom is -0.444 e. The van der Waals surface area contributed by atoms with E-state index in [2.05, 4.69) is 31.4 Å². The van der Waals surface area contributed by atoms with Crippen LogP contribution in [0.25, 0.3) is 0 Å². The number of ketones is 1. The van der Waals surface area contributed by atoms with Gasteiger partial charge in [-0.1, -0.05) is 51.1 Å². The van der Waals surface area contributed by atoms with Gasteiger partial charge in [0.2, 0.25) is 0 Å². The molecule has 0 aliphatic heterocycles. The summed E-state index contributed by atoms with van der Waals surface area (Å²) in [5.74, 6) is -0.142. The Kier molecular flexibility index (Phi) is 10.1. The zero-order valence-electron chi connectivity index (χ0n) is 20.5. The molecule has 0 saturated carbocycles. The van der Waals surface area contributed by atoms with Crippen LogP contribution in [-0.4, -0.2) is 42.3 Å². The van der Waals surface area contributed by atoms with Crippen molar-refractivity contribution in [3.8, 4) is 0 Å². The Morgan fingerprint density at radius 2 is 1.72 bits per heavy atom. The number of hydrogen-bond donors (Lipinski definition) is 4. The van der Waals surface area contributed by atoms with E-state index < -0.39 is 17.7 Å². The number of Topliss-reactive ketones (excluding diaryl/α,β-unsaturated/α-hetero) is 1. The minimum atomic E-state index is -0.660. The van der Waals surface area contributed by atoms with Crippen LogP contribution in [0.15, 0.2) is 41.6 Å². The summed E-state index contributed by atoms with van der Waals surface area (Å²) in [7, 11) is 0. The number of alkyl carbamates (subject to hydrolysis) is 1. The molecule has 0 bridgehead atoms. The topological polar surface area (TPSA) is 117 Å². The smallest absolute Gasteiger partial charge is 0.408 e. The van der Waals surface area contributed by atoms with Crippen molar-refractivity contribution in [3.63, 3.8) is 0 Å². The Bertz CT molecular complexity index is 805. The average Bonchev–Trinajstić information content (AvgIpc) is 2.64. The van der Waals surface area contributed by atoms with Gasteiger partial charge in [-0.2, -0.15) is 0 Å². The van der Waals surface area contributed by atoms with E-state index in [9.17, 15) is 9.59 Å². The number of carbonyl (C=O) groups excluding carboxylic acids is 2. The Hall–Kier alpha value is -2.67. The quantitative estimate of drug-likeness (QED) is 0.407. The highest BCUT2D eigenvalue weighted by Gasteiger charge is 2.29. The highest BCUT2D eigenvalue weighted by atomic mass is 16.6. The van der Waals surface area contributed by atoms with Gasteiger partial charge in [0.05, 0.1) is 6.04 Å². The minimum absolute atomic E-state index is 0.142. The van der Waals surface area contributed by atoms with Crippen molar-refractivity contribution in [1.29, 1.82) is 5.41 Å². The highest BCUT2D eigenvalue weighted by molar-refractivity contribution is 5.85. The second-order valence-corrected chi connectivity index (χ2v) is 10.1. The van der Waals surface area contributed by atoms with Crippen molar-refractivity contribution in [2.45, 2.75) is 79.0 Å². The molecule has 2 atom stereocenters. The molecular formula is C25H40N4O3. The Morgan fingerprint density at radius 3 is 2.19 bits per heavy atom. The van der Waals surface area contributed by atoms with E-state index in [-0.39, 0.29) is 17.2 Å². The predicted octanol–water partition coefficient (Wildman–Crippen LogP) is 3.97. The molecule has 0 fully saturated rings. The molecule has 0 unspecified atom stereocenters. The average molecular weight is 445 g/mol. The number of nitrogens with two attached hydrogens (primary N) is 1. The van der Waals surface area contributed by atoms with Crippen molar-refractivity contribution < 1.29 is 14.3 Å². The van der Waals surface area contributed by atoms with Gasteiger partial charge in [-0.15, -0.1) is 0 Å². The summed E-state index contributed by atoms with van der Waals surface area (Å²) in [5.41, 5.74) is 8.00. The van der Waals surface area contributed by atoms with E-state index in [1.54, 1.807) is 20.8 Å². The first-order chi connectivity index (χ1) is 14.7. The third-order valence-corrected chi connectivity index (χ3v) is 4.90. The molecule has 1 aromatic rings. The number of ether oxygens (including phenoxy) is 1. The second kappa shape index (κ2) is 11.8. The van der Waals surface area contributed by atoms with Gasteiger partial charge in [0.25, 0.3) is 0 Å². The fraction of sp³-hybridized carbons (Fsp3) is 0.560. The van der Waals surface area contributed by atoms with Crippen LogP contribution in [-0.2, 0) is 16.0 Å². The Balaban J connectivity index is 2.92. The molecule has 7 heteroatoms. The molecule has 7 nitrogen and oxygen atoms in total. The lowest BCUT2D eigenvalue weighted by Gasteiger charge is -2.34. The third-order valence-electron chi connectivity index (χ3n) is 4.90. The van der Waals surface area contributed by atoms with Crippen molar-refractivity contribution in [2.75, 3.05) is 6.54 Å². The van der Waals surface area contributed by atoms with Crippen LogP contribution in [0, 0.1) is 10.8 Å². The van der Waals surface area contributed by atoms with Crippen LogP contribution < -0.4 is 16.4 Å². The van der Waals surface area contributed by atoms with Gasteiger partial charge < -0.3 is 26.5 Å². The summed E-state index contributed by atoms with van der Waals surface area (Å²) >= 11 is 0. The van der Waals surface area contributed by atoms with Crippen LogP contribution in [0.2, 0.25) is 0 Å². The largest absolute Gasteiger partial charge is 0.444 e. The third kappa shape index (κ3) is 9.64.